The molecule has 0 aliphatic carbocycles. The minimum atomic E-state index is -0.707. The molecule has 1 saturated heterocycles. The van der Waals surface area contributed by atoms with Crippen LogP contribution in [0.25, 0.3) is 0 Å². The zero-order valence-electron chi connectivity index (χ0n) is 6.80. The lowest BCUT2D eigenvalue weighted by Gasteiger charge is -2.40. The van der Waals surface area contributed by atoms with E-state index < -0.39 is 5.97 Å². The van der Waals surface area contributed by atoms with Crippen LogP contribution in [0, 0.1) is 5.41 Å². The van der Waals surface area contributed by atoms with E-state index in [-0.39, 0.29) is 11.8 Å². The molecule has 11 heavy (non-hydrogen) atoms. The van der Waals surface area contributed by atoms with Gasteiger partial charge in [-0.1, -0.05) is 13.3 Å². The lowest BCUT2D eigenvalue weighted by Crippen LogP contribution is -2.44. The maximum absolute atomic E-state index is 10.4. The predicted octanol–water partition coefficient (Wildman–Crippen LogP) is 1.28. The van der Waals surface area contributed by atoms with E-state index >= 15 is 0 Å². The first-order chi connectivity index (χ1) is 5.18. The van der Waals surface area contributed by atoms with Crippen molar-refractivity contribution in [3.05, 3.63) is 0 Å². The van der Waals surface area contributed by atoms with E-state index in [4.69, 9.17) is 9.84 Å². The highest BCUT2D eigenvalue weighted by atomic mass is 16.5. The molecule has 0 aromatic heterocycles. The Hall–Kier alpha value is -0.570. The van der Waals surface area contributed by atoms with Crippen LogP contribution in [0.4, 0.5) is 0 Å². The first-order valence-electron chi connectivity index (χ1n) is 3.98. The molecule has 3 heteroatoms. The fourth-order valence-electron chi connectivity index (χ4n) is 1.58. The van der Waals surface area contributed by atoms with Gasteiger partial charge in [0.05, 0.1) is 19.6 Å². The van der Waals surface area contributed by atoms with Crippen LogP contribution in [0.2, 0.25) is 0 Å². The fourth-order valence-corrected chi connectivity index (χ4v) is 1.58. The molecule has 0 bridgehead atoms. The third-order valence-electron chi connectivity index (χ3n) is 2.12. The summed E-state index contributed by atoms with van der Waals surface area (Å²) in [6, 6.07) is 0. The van der Waals surface area contributed by atoms with Gasteiger partial charge >= 0.3 is 5.97 Å². The second-order valence-corrected chi connectivity index (χ2v) is 3.31. The number of hydrogen-bond acceptors (Lipinski definition) is 2. The summed E-state index contributed by atoms with van der Waals surface area (Å²) in [6.07, 6.45) is 2.27. The van der Waals surface area contributed by atoms with Gasteiger partial charge in [0.15, 0.2) is 0 Å². The molecule has 1 rings (SSSR count). The van der Waals surface area contributed by atoms with Crippen LogP contribution >= 0.6 is 0 Å². The second-order valence-electron chi connectivity index (χ2n) is 3.31. The standard InChI is InChI=1S/C8H14O3/c1-2-3-8(4-7(9)10)5-11-6-8/h2-6H2,1H3,(H,9,10). The molecule has 1 heterocycles. The third kappa shape index (κ3) is 1.93. The van der Waals surface area contributed by atoms with Crippen LogP contribution in [-0.4, -0.2) is 24.3 Å². The van der Waals surface area contributed by atoms with Crippen molar-refractivity contribution in [2.24, 2.45) is 5.41 Å². The van der Waals surface area contributed by atoms with Crippen LogP contribution in [0.3, 0.4) is 0 Å². The first-order valence-corrected chi connectivity index (χ1v) is 3.98. The van der Waals surface area contributed by atoms with Gasteiger partial charge in [0, 0.05) is 5.41 Å². The maximum Gasteiger partial charge on any atom is 0.304 e. The molecule has 1 fully saturated rings. The zero-order chi connectivity index (χ0) is 8.32. The van der Waals surface area contributed by atoms with Gasteiger partial charge in [-0.3, -0.25) is 4.79 Å². The highest BCUT2D eigenvalue weighted by molar-refractivity contribution is 5.67. The molecule has 0 radical (unpaired) electrons. The van der Waals surface area contributed by atoms with Crippen molar-refractivity contribution in [3.63, 3.8) is 0 Å². The van der Waals surface area contributed by atoms with Gasteiger partial charge in [0.2, 0.25) is 0 Å². The minimum Gasteiger partial charge on any atom is -0.481 e. The van der Waals surface area contributed by atoms with E-state index in [1.165, 1.54) is 0 Å². The SMILES string of the molecule is CCCC1(CC(=O)O)COC1. The van der Waals surface area contributed by atoms with E-state index in [2.05, 4.69) is 6.92 Å². The maximum atomic E-state index is 10.4. The number of carboxylic acids is 1. The molecule has 0 spiro atoms. The van der Waals surface area contributed by atoms with E-state index in [9.17, 15) is 4.79 Å². The molecular formula is C8H14O3. The monoisotopic (exact) mass is 158 g/mol. The summed E-state index contributed by atoms with van der Waals surface area (Å²) in [7, 11) is 0. The molecule has 1 aliphatic rings. The van der Waals surface area contributed by atoms with Gasteiger partial charge in [-0.05, 0) is 6.42 Å². The zero-order valence-corrected chi connectivity index (χ0v) is 6.80. The van der Waals surface area contributed by atoms with Crippen molar-refractivity contribution in [2.75, 3.05) is 13.2 Å². The molecule has 1 aliphatic heterocycles. The molecule has 3 nitrogen and oxygen atoms in total. The summed E-state index contributed by atoms with van der Waals surface area (Å²) in [5.41, 5.74) is -0.0272. The lowest BCUT2D eigenvalue weighted by molar-refractivity contribution is -0.157. The summed E-state index contributed by atoms with van der Waals surface area (Å²) in [4.78, 5) is 10.4. The largest absolute Gasteiger partial charge is 0.481 e. The molecule has 0 unspecified atom stereocenters. The molecule has 0 saturated carbocycles. The molecule has 64 valence electrons. The van der Waals surface area contributed by atoms with Crippen LogP contribution in [-0.2, 0) is 9.53 Å². The molecule has 1 N–H and O–H groups in total. The molecule has 0 atom stereocenters. The predicted molar refractivity (Wildman–Crippen MR) is 40.4 cm³/mol. The summed E-state index contributed by atoms with van der Waals surface area (Å²) >= 11 is 0. The number of carbonyl (C=O) groups is 1. The van der Waals surface area contributed by atoms with E-state index in [1.807, 2.05) is 0 Å². The van der Waals surface area contributed by atoms with Crippen LogP contribution < -0.4 is 0 Å². The van der Waals surface area contributed by atoms with Crippen molar-refractivity contribution in [1.82, 2.24) is 0 Å². The average Bonchev–Trinajstić information content (AvgIpc) is 1.82. The van der Waals surface area contributed by atoms with Crippen LogP contribution in [0.15, 0.2) is 0 Å². The number of ether oxygens (including phenoxy) is 1. The number of aliphatic carboxylic acids is 1. The van der Waals surface area contributed by atoms with Crippen molar-refractivity contribution in [2.45, 2.75) is 26.2 Å². The van der Waals surface area contributed by atoms with Crippen molar-refractivity contribution in [1.29, 1.82) is 0 Å². The average molecular weight is 158 g/mol. The topological polar surface area (TPSA) is 46.5 Å². The second kappa shape index (κ2) is 3.22. The van der Waals surface area contributed by atoms with Crippen molar-refractivity contribution in [3.8, 4) is 0 Å². The van der Waals surface area contributed by atoms with Gasteiger partial charge in [-0.15, -0.1) is 0 Å². The lowest BCUT2D eigenvalue weighted by atomic mass is 9.78. The van der Waals surface area contributed by atoms with Crippen LogP contribution in [0.1, 0.15) is 26.2 Å². The van der Waals surface area contributed by atoms with E-state index in [1.54, 1.807) is 0 Å². The smallest absolute Gasteiger partial charge is 0.304 e. The third-order valence-corrected chi connectivity index (χ3v) is 2.12. The Morgan fingerprint density at radius 1 is 1.64 bits per heavy atom. The molecule has 0 aromatic rings. The molecule has 0 aromatic carbocycles. The highest BCUT2D eigenvalue weighted by Gasteiger charge is 2.39. The molecular weight excluding hydrogens is 144 g/mol. The fraction of sp³-hybridized carbons (Fsp3) is 0.875. The molecule has 0 amide bonds. The van der Waals surface area contributed by atoms with Gasteiger partial charge in [0.1, 0.15) is 0 Å². The summed E-state index contributed by atoms with van der Waals surface area (Å²) in [5, 5.41) is 8.59. The Morgan fingerprint density at radius 3 is 2.55 bits per heavy atom. The Labute approximate surface area is 66.4 Å². The highest BCUT2D eigenvalue weighted by Crippen LogP contribution is 2.36. The van der Waals surface area contributed by atoms with E-state index in [0.29, 0.717) is 13.2 Å². The Morgan fingerprint density at radius 2 is 2.27 bits per heavy atom. The number of rotatable bonds is 4. The van der Waals surface area contributed by atoms with Crippen molar-refractivity contribution < 1.29 is 14.6 Å². The summed E-state index contributed by atoms with van der Waals surface area (Å²) in [5.74, 6) is -0.707. The van der Waals surface area contributed by atoms with Gasteiger partial charge in [-0.2, -0.15) is 0 Å². The first kappa shape index (κ1) is 8.53. The number of carboxylic acid groups (broad SMARTS) is 1. The Bertz CT molecular complexity index is 149. The summed E-state index contributed by atoms with van der Waals surface area (Å²) < 4.78 is 5.03. The summed E-state index contributed by atoms with van der Waals surface area (Å²) in [6.45, 7) is 3.34. The van der Waals surface area contributed by atoms with Gasteiger partial charge < -0.3 is 9.84 Å². The van der Waals surface area contributed by atoms with E-state index in [0.717, 1.165) is 12.8 Å². The van der Waals surface area contributed by atoms with Gasteiger partial charge in [-0.25, -0.2) is 0 Å². The Balaban J connectivity index is 2.39. The van der Waals surface area contributed by atoms with Crippen LogP contribution in [0.5, 0.6) is 0 Å². The van der Waals surface area contributed by atoms with Crippen molar-refractivity contribution >= 4 is 5.97 Å². The quantitative estimate of drug-likeness (QED) is 0.670. The van der Waals surface area contributed by atoms with Gasteiger partial charge in [0.25, 0.3) is 0 Å². The Kier molecular flexibility index (Phi) is 2.49. The minimum absolute atomic E-state index is 0.0272. The number of hydrogen-bond donors (Lipinski definition) is 1. The normalized spacial score (nSPS) is 20.8.